The van der Waals surface area contributed by atoms with E-state index in [1.54, 1.807) is 6.92 Å². The first-order chi connectivity index (χ1) is 8.41. The van der Waals surface area contributed by atoms with Gasteiger partial charge in [0.05, 0.1) is 4.88 Å². The fraction of sp³-hybridized carbons (Fsp3) is 0.727. The van der Waals surface area contributed by atoms with E-state index in [0.29, 0.717) is 11.0 Å². The Bertz CT molecular complexity index is 415. The fourth-order valence-electron chi connectivity index (χ4n) is 1.51. The van der Waals surface area contributed by atoms with Crippen LogP contribution in [0, 0.1) is 0 Å². The Hall–Kier alpha value is -0.660. The molecule has 0 aromatic carbocycles. The molecule has 1 heterocycles. The quantitative estimate of drug-likeness (QED) is 0.900. The van der Waals surface area contributed by atoms with E-state index in [0.717, 1.165) is 24.2 Å². The molecule has 0 bridgehead atoms. The smallest absolute Gasteiger partial charge is 0.375 e. The lowest BCUT2D eigenvalue weighted by Crippen LogP contribution is -2.18. The molecule has 0 spiro atoms. The Balaban J connectivity index is 2.20. The van der Waals surface area contributed by atoms with Gasteiger partial charge in [-0.1, -0.05) is 0 Å². The van der Waals surface area contributed by atoms with Crippen molar-refractivity contribution in [2.75, 3.05) is 7.11 Å². The summed E-state index contributed by atoms with van der Waals surface area (Å²) in [6, 6.07) is 0.372. The maximum atomic E-state index is 12.8. The van der Waals surface area contributed by atoms with E-state index in [1.165, 1.54) is 7.11 Å². The second-order valence-electron chi connectivity index (χ2n) is 4.35. The van der Waals surface area contributed by atoms with Crippen LogP contribution in [0.25, 0.3) is 0 Å². The number of hydrogen-bond donors (Lipinski definition) is 1. The number of thiazole rings is 1. The number of ether oxygens (including phenoxy) is 1. The molecular formula is C11H15F3N2OS. The van der Waals surface area contributed by atoms with Gasteiger partial charge in [0.25, 0.3) is 0 Å². The minimum atomic E-state index is -4.40. The molecule has 7 heteroatoms. The maximum absolute atomic E-state index is 12.8. The molecule has 18 heavy (non-hydrogen) atoms. The second kappa shape index (κ2) is 5.14. The standard InChI is InChI=1S/C11H15F3N2OS/c1-6(17-2)10-16-9(11(12,13)14)8(18-10)5-15-7-3-4-7/h6-7,15H,3-5H2,1-2H3. The third-order valence-electron chi connectivity index (χ3n) is 2.81. The largest absolute Gasteiger partial charge is 0.434 e. The summed E-state index contributed by atoms with van der Waals surface area (Å²) in [7, 11) is 1.46. The summed E-state index contributed by atoms with van der Waals surface area (Å²) in [5, 5.41) is 3.46. The number of alkyl halides is 3. The molecule has 1 aromatic heterocycles. The lowest BCUT2D eigenvalue weighted by atomic mass is 10.3. The van der Waals surface area contributed by atoms with Crippen molar-refractivity contribution < 1.29 is 17.9 Å². The predicted molar refractivity (Wildman–Crippen MR) is 62.4 cm³/mol. The Kier molecular flexibility index (Phi) is 3.93. The monoisotopic (exact) mass is 280 g/mol. The molecular weight excluding hydrogens is 265 g/mol. The van der Waals surface area contributed by atoms with Gasteiger partial charge in [-0.05, 0) is 19.8 Å². The van der Waals surface area contributed by atoms with E-state index in [4.69, 9.17) is 4.74 Å². The van der Waals surface area contributed by atoms with Crippen LogP contribution in [0.1, 0.15) is 41.4 Å². The molecule has 1 unspecified atom stereocenters. The molecule has 1 aromatic rings. The molecule has 1 atom stereocenters. The SMILES string of the molecule is COC(C)c1nc(C(F)(F)F)c(CNC2CC2)s1. The van der Waals surface area contributed by atoms with Crippen LogP contribution >= 0.6 is 11.3 Å². The van der Waals surface area contributed by atoms with Gasteiger partial charge in [-0.2, -0.15) is 13.2 Å². The third kappa shape index (κ3) is 3.21. The molecule has 1 fully saturated rings. The summed E-state index contributed by atoms with van der Waals surface area (Å²) in [4.78, 5) is 3.92. The molecule has 102 valence electrons. The fourth-order valence-corrected chi connectivity index (χ4v) is 2.58. The summed E-state index contributed by atoms with van der Waals surface area (Å²) in [6.45, 7) is 1.92. The van der Waals surface area contributed by atoms with Crippen molar-refractivity contribution in [1.29, 1.82) is 0 Å². The summed E-state index contributed by atoms with van der Waals surface area (Å²) in [6.07, 6.45) is -2.73. The molecule has 2 rings (SSSR count). The van der Waals surface area contributed by atoms with Crippen LogP contribution in [0.2, 0.25) is 0 Å². The Morgan fingerprint density at radius 3 is 2.67 bits per heavy atom. The number of aromatic nitrogens is 1. The topological polar surface area (TPSA) is 34.1 Å². The highest BCUT2D eigenvalue weighted by atomic mass is 32.1. The summed E-state index contributed by atoms with van der Waals surface area (Å²) in [5.74, 6) is 0. The van der Waals surface area contributed by atoms with E-state index in [2.05, 4.69) is 10.3 Å². The second-order valence-corrected chi connectivity index (χ2v) is 5.47. The number of halogens is 3. The number of rotatable bonds is 5. The molecule has 1 N–H and O–H groups in total. The van der Waals surface area contributed by atoms with Crippen molar-refractivity contribution in [2.24, 2.45) is 0 Å². The number of hydrogen-bond acceptors (Lipinski definition) is 4. The number of methoxy groups -OCH3 is 1. The van der Waals surface area contributed by atoms with Crippen molar-refractivity contribution in [3.8, 4) is 0 Å². The van der Waals surface area contributed by atoms with Crippen LogP contribution in [0.3, 0.4) is 0 Å². The number of nitrogens with zero attached hydrogens (tertiary/aromatic N) is 1. The summed E-state index contributed by atoms with van der Waals surface area (Å²) >= 11 is 1.07. The summed E-state index contributed by atoms with van der Waals surface area (Å²) < 4.78 is 43.5. The lowest BCUT2D eigenvalue weighted by molar-refractivity contribution is -0.141. The Morgan fingerprint density at radius 1 is 1.50 bits per heavy atom. The van der Waals surface area contributed by atoms with Crippen LogP contribution in [0.4, 0.5) is 13.2 Å². The van der Waals surface area contributed by atoms with Gasteiger partial charge in [-0.25, -0.2) is 4.98 Å². The van der Waals surface area contributed by atoms with Crippen molar-refractivity contribution in [3.63, 3.8) is 0 Å². The van der Waals surface area contributed by atoms with E-state index in [9.17, 15) is 13.2 Å². The van der Waals surface area contributed by atoms with Gasteiger partial charge in [-0.3, -0.25) is 0 Å². The van der Waals surface area contributed by atoms with Gasteiger partial charge >= 0.3 is 6.18 Å². The molecule has 1 aliphatic carbocycles. The van der Waals surface area contributed by atoms with Crippen LogP contribution in [0.15, 0.2) is 0 Å². The highest BCUT2D eigenvalue weighted by molar-refractivity contribution is 7.11. The highest BCUT2D eigenvalue weighted by Gasteiger charge is 2.38. The van der Waals surface area contributed by atoms with Crippen LogP contribution < -0.4 is 5.32 Å². The van der Waals surface area contributed by atoms with Crippen LogP contribution in [0.5, 0.6) is 0 Å². The lowest BCUT2D eigenvalue weighted by Gasteiger charge is -2.06. The Morgan fingerprint density at radius 2 is 2.17 bits per heavy atom. The molecule has 1 aliphatic rings. The zero-order valence-corrected chi connectivity index (χ0v) is 11.0. The zero-order chi connectivity index (χ0) is 13.3. The minimum absolute atomic E-state index is 0.230. The first-order valence-corrected chi connectivity index (χ1v) is 6.56. The van der Waals surface area contributed by atoms with E-state index in [-0.39, 0.29) is 11.4 Å². The third-order valence-corrected chi connectivity index (χ3v) is 4.03. The van der Waals surface area contributed by atoms with Crippen molar-refractivity contribution in [3.05, 3.63) is 15.6 Å². The first-order valence-electron chi connectivity index (χ1n) is 5.74. The molecule has 0 amide bonds. The summed E-state index contributed by atoms with van der Waals surface area (Å²) in [5.41, 5.74) is -0.778. The average molecular weight is 280 g/mol. The normalized spacial score (nSPS) is 18.1. The van der Waals surface area contributed by atoms with Gasteiger partial charge in [-0.15, -0.1) is 11.3 Å². The Labute approximate surface area is 107 Å². The maximum Gasteiger partial charge on any atom is 0.434 e. The minimum Gasteiger partial charge on any atom is -0.375 e. The highest BCUT2D eigenvalue weighted by Crippen LogP contribution is 2.36. The van der Waals surface area contributed by atoms with Gasteiger partial charge in [0.1, 0.15) is 11.1 Å². The van der Waals surface area contributed by atoms with Gasteiger partial charge in [0, 0.05) is 19.7 Å². The average Bonchev–Trinajstić information content (AvgIpc) is 3.02. The zero-order valence-electron chi connectivity index (χ0n) is 10.2. The molecule has 0 aliphatic heterocycles. The van der Waals surface area contributed by atoms with E-state index >= 15 is 0 Å². The van der Waals surface area contributed by atoms with Gasteiger partial charge < -0.3 is 10.1 Å². The van der Waals surface area contributed by atoms with Crippen molar-refractivity contribution >= 4 is 11.3 Å². The molecule has 0 radical (unpaired) electrons. The number of nitrogens with one attached hydrogen (secondary N) is 1. The van der Waals surface area contributed by atoms with Crippen molar-refractivity contribution in [1.82, 2.24) is 10.3 Å². The molecule has 1 saturated carbocycles. The van der Waals surface area contributed by atoms with Gasteiger partial charge in [0.2, 0.25) is 0 Å². The molecule has 0 saturated heterocycles. The van der Waals surface area contributed by atoms with Crippen LogP contribution in [-0.2, 0) is 17.5 Å². The van der Waals surface area contributed by atoms with E-state index in [1.807, 2.05) is 0 Å². The van der Waals surface area contributed by atoms with E-state index < -0.39 is 18.0 Å². The van der Waals surface area contributed by atoms with Gasteiger partial charge in [0.15, 0.2) is 5.69 Å². The van der Waals surface area contributed by atoms with Crippen LogP contribution in [-0.4, -0.2) is 18.1 Å². The molecule has 3 nitrogen and oxygen atoms in total. The predicted octanol–water partition coefficient (Wildman–Crippen LogP) is 3.12. The first kappa shape index (κ1) is 13.8. The van der Waals surface area contributed by atoms with Crippen molar-refractivity contribution in [2.45, 2.75) is 44.6 Å².